The molecule has 1 aromatic rings. The van der Waals surface area contributed by atoms with Gasteiger partial charge in [-0.05, 0) is 18.6 Å². The van der Waals surface area contributed by atoms with Gasteiger partial charge < -0.3 is 15.5 Å². The molecule has 104 valence electrons. The molecule has 0 aromatic heterocycles. The summed E-state index contributed by atoms with van der Waals surface area (Å²) in [6, 6.07) is 1.92. The Morgan fingerprint density at radius 1 is 1.42 bits per heavy atom. The van der Waals surface area contributed by atoms with E-state index in [0.717, 1.165) is 24.6 Å². The third-order valence-electron chi connectivity index (χ3n) is 2.65. The summed E-state index contributed by atoms with van der Waals surface area (Å²) in [4.78, 5) is 22.8. The molecule has 1 amide bonds. The number of benzene rings is 1. The average Bonchev–Trinajstić information content (AvgIpc) is 2.33. The summed E-state index contributed by atoms with van der Waals surface area (Å²) in [7, 11) is 0. The molecule has 19 heavy (non-hydrogen) atoms. The lowest BCUT2D eigenvalue weighted by atomic mass is 10.1. The van der Waals surface area contributed by atoms with Crippen molar-refractivity contribution in [1.29, 1.82) is 0 Å². The van der Waals surface area contributed by atoms with Gasteiger partial charge in [0, 0.05) is 6.07 Å². The van der Waals surface area contributed by atoms with Gasteiger partial charge in [0.15, 0.2) is 0 Å². The first-order valence-corrected chi connectivity index (χ1v) is 5.98. The third-order valence-corrected chi connectivity index (χ3v) is 2.65. The molecule has 0 fully saturated rings. The second-order valence-corrected chi connectivity index (χ2v) is 4.17. The van der Waals surface area contributed by atoms with Gasteiger partial charge in [-0.25, -0.2) is 9.18 Å². The van der Waals surface area contributed by atoms with E-state index in [1.54, 1.807) is 0 Å². The molecule has 0 radical (unpaired) electrons. The van der Waals surface area contributed by atoms with Crippen LogP contribution in [0.15, 0.2) is 18.2 Å². The maximum Gasteiger partial charge on any atom is 0.326 e. The molecule has 1 unspecified atom stereocenters. The summed E-state index contributed by atoms with van der Waals surface area (Å²) < 4.78 is 12.8. The van der Waals surface area contributed by atoms with Crippen molar-refractivity contribution >= 4 is 11.9 Å². The zero-order valence-electron chi connectivity index (χ0n) is 10.5. The van der Waals surface area contributed by atoms with Crippen molar-refractivity contribution in [3.05, 3.63) is 29.6 Å². The standard InChI is InChI=1S/C13H16FNO4/c1-2-3-4-10(13(18)19)15-12(17)9-6-5-8(14)7-11(9)16/h5-7,10,16H,2-4H2,1H3,(H,15,17)(H,18,19). The Morgan fingerprint density at radius 2 is 2.11 bits per heavy atom. The normalized spacial score (nSPS) is 11.9. The van der Waals surface area contributed by atoms with Crippen LogP contribution in [-0.2, 0) is 4.79 Å². The highest BCUT2D eigenvalue weighted by Crippen LogP contribution is 2.18. The average molecular weight is 269 g/mol. The van der Waals surface area contributed by atoms with Crippen molar-refractivity contribution in [3.63, 3.8) is 0 Å². The molecule has 0 aliphatic rings. The predicted octanol–water partition coefficient (Wildman–Crippen LogP) is 1.90. The minimum absolute atomic E-state index is 0.149. The van der Waals surface area contributed by atoms with Crippen LogP contribution in [0, 0.1) is 5.82 Å². The van der Waals surface area contributed by atoms with E-state index in [2.05, 4.69) is 5.32 Å². The maximum atomic E-state index is 12.8. The Hall–Kier alpha value is -2.11. The van der Waals surface area contributed by atoms with Gasteiger partial charge in [0.2, 0.25) is 0 Å². The zero-order chi connectivity index (χ0) is 14.4. The van der Waals surface area contributed by atoms with E-state index < -0.39 is 29.5 Å². The molecule has 0 heterocycles. The van der Waals surface area contributed by atoms with E-state index in [4.69, 9.17) is 5.11 Å². The monoisotopic (exact) mass is 269 g/mol. The highest BCUT2D eigenvalue weighted by atomic mass is 19.1. The number of halogens is 1. The van der Waals surface area contributed by atoms with E-state index in [-0.39, 0.29) is 5.56 Å². The van der Waals surface area contributed by atoms with Gasteiger partial charge in [-0.1, -0.05) is 19.8 Å². The molecule has 0 saturated heterocycles. The SMILES string of the molecule is CCCCC(NC(=O)c1ccc(F)cc1O)C(=O)O. The van der Waals surface area contributed by atoms with Gasteiger partial charge in [0.1, 0.15) is 17.6 Å². The summed E-state index contributed by atoms with van der Waals surface area (Å²) in [6.45, 7) is 1.91. The summed E-state index contributed by atoms with van der Waals surface area (Å²) in [6.07, 6.45) is 1.77. The van der Waals surface area contributed by atoms with Crippen LogP contribution in [0.5, 0.6) is 5.75 Å². The summed E-state index contributed by atoms with van der Waals surface area (Å²) >= 11 is 0. The Bertz CT molecular complexity index is 476. The molecule has 0 aliphatic heterocycles. The number of hydrogen-bond acceptors (Lipinski definition) is 3. The number of rotatable bonds is 6. The van der Waals surface area contributed by atoms with Crippen LogP contribution in [0.1, 0.15) is 36.5 Å². The Kier molecular flexibility index (Phi) is 5.29. The molecule has 6 heteroatoms. The number of phenolic OH excluding ortho intramolecular Hbond substituents is 1. The topological polar surface area (TPSA) is 86.6 Å². The number of unbranched alkanes of at least 4 members (excludes halogenated alkanes) is 1. The lowest BCUT2D eigenvalue weighted by molar-refractivity contribution is -0.139. The molecule has 1 atom stereocenters. The van der Waals surface area contributed by atoms with Gasteiger partial charge >= 0.3 is 5.97 Å². The molecule has 0 bridgehead atoms. The number of carboxylic acids is 1. The van der Waals surface area contributed by atoms with E-state index >= 15 is 0 Å². The number of aromatic hydroxyl groups is 1. The molecular weight excluding hydrogens is 253 g/mol. The van der Waals surface area contributed by atoms with Crippen LogP contribution in [0.2, 0.25) is 0 Å². The van der Waals surface area contributed by atoms with Crippen molar-refractivity contribution in [1.82, 2.24) is 5.32 Å². The van der Waals surface area contributed by atoms with Crippen molar-refractivity contribution in [3.8, 4) is 5.75 Å². The second kappa shape index (κ2) is 6.72. The number of carbonyl (C=O) groups excluding carboxylic acids is 1. The molecule has 0 aliphatic carbocycles. The quantitative estimate of drug-likeness (QED) is 0.736. The predicted molar refractivity (Wildman–Crippen MR) is 66.5 cm³/mol. The van der Waals surface area contributed by atoms with Crippen LogP contribution in [0.3, 0.4) is 0 Å². The summed E-state index contributed by atoms with van der Waals surface area (Å²) in [5.41, 5.74) is -0.149. The highest BCUT2D eigenvalue weighted by molar-refractivity contribution is 5.98. The van der Waals surface area contributed by atoms with Gasteiger partial charge in [-0.15, -0.1) is 0 Å². The molecule has 0 saturated carbocycles. The lowest BCUT2D eigenvalue weighted by Gasteiger charge is -2.14. The number of nitrogens with one attached hydrogen (secondary N) is 1. The number of carboxylic acid groups (broad SMARTS) is 1. The van der Waals surface area contributed by atoms with E-state index in [0.29, 0.717) is 12.8 Å². The van der Waals surface area contributed by atoms with Gasteiger partial charge in [0.25, 0.3) is 5.91 Å². The minimum Gasteiger partial charge on any atom is -0.507 e. The zero-order valence-corrected chi connectivity index (χ0v) is 10.5. The first kappa shape index (κ1) is 14.9. The molecule has 3 N–H and O–H groups in total. The summed E-state index contributed by atoms with van der Waals surface area (Å²) in [5.74, 6) is -3.06. The summed E-state index contributed by atoms with van der Waals surface area (Å²) in [5, 5.41) is 20.7. The van der Waals surface area contributed by atoms with Crippen LogP contribution in [-0.4, -0.2) is 28.1 Å². The van der Waals surface area contributed by atoms with Gasteiger partial charge in [0.05, 0.1) is 5.56 Å². The fraction of sp³-hybridized carbons (Fsp3) is 0.385. The largest absolute Gasteiger partial charge is 0.507 e. The number of carbonyl (C=O) groups is 2. The fourth-order valence-electron chi connectivity index (χ4n) is 1.60. The molecule has 1 aromatic carbocycles. The van der Waals surface area contributed by atoms with Crippen molar-refractivity contribution < 1.29 is 24.2 Å². The molecule has 1 rings (SSSR count). The van der Waals surface area contributed by atoms with Crippen molar-refractivity contribution in [2.24, 2.45) is 0 Å². The van der Waals surface area contributed by atoms with Gasteiger partial charge in [-0.3, -0.25) is 4.79 Å². The van der Waals surface area contributed by atoms with E-state index in [9.17, 15) is 19.1 Å². The van der Waals surface area contributed by atoms with Crippen LogP contribution < -0.4 is 5.32 Å². The van der Waals surface area contributed by atoms with Crippen LogP contribution in [0.4, 0.5) is 4.39 Å². The highest BCUT2D eigenvalue weighted by Gasteiger charge is 2.21. The van der Waals surface area contributed by atoms with Crippen molar-refractivity contribution in [2.45, 2.75) is 32.2 Å². The molecular formula is C13H16FNO4. The smallest absolute Gasteiger partial charge is 0.326 e. The number of phenols is 1. The van der Waals surface area contributed by atoms with Crippen molar-refractivity contribution in [2.75, 3.05) is 0 Å². The minimum atomic E-state index is -1.14. The Balaban J connectivity index is 2.78. The Morgan fingerprint density at radius 3 is 2.63 bits per heavy atom. The number of hydrogen-bond donors (Lipinski definition) is 3. The van der Waals surface area contributed by atoms with E-state index in [1.807, 2.05) is 6.92 Å². The number of amides is 1. The number of aliphatic carboxylic acids is 1. The first-order valence-electron chi connectivity index (χ1n) is 5.98. The lowest BCUT2D eigenvalue weighted by Crippen LogP contribution is -2.40. The molecule has 5 nitrogen and oxygen atoms in total. The Labute approximate surface area is 110 Å². The van der Waals surface area contributed by atoms with Crippen LogP contribution >= 0.6 is 0 Å². The first-order chi connectivity index (χ1) is 8.95. The fourth-order valence-corrected chi connectivity index (χ4v) is 1.60. The van der Waals surface area contributed by atoms with E-state index in [1.165, 1.54) is 0 Å². The maximum absolute atomic E-state index is 12.8. The third kappa shape index (κ3) is 4.24. The molecule has 0 spiro atoms. The second-order valence-electron chi connectivity index (χ2n) is 4.17. The van der Waals surface area contributed by atoms with Crippen LogP contribution in [0.25, 0.3) is 0 Å². The van der Waals surface area contributed by atoms with Gasteiger partial charge in [-0.2, -0.15) is 0 Å².